The van der Waals surface area contributed by atoms with E-state index in [1.807, 2.05) is 82.3 Å². The summed E-state index contributed by atoms with van der Waals surface area (Å²) in [6, 6.07) is 57.7. The van der Waals surface area contributed by atoms with E-state index in [9.17, 15) is 8.22 Å². The molecule has 0 amide bonds. The minimum absolute atomic E-state index is 0. The van der Waals surface area contributed by atoms with E-state index in [-0.39, 0.29) is 89.0 Å². The quantitative estimate of drug-likeness (QED) is 0.114. The van der Waals surface area contributed by atoms with Crippen molar-refractivity contribution in [3.8, 4) is 79.0 Å². The summed E-state index contributed by atoms with van der Waals surface area (Å²) >= 11 is 0. The molecule has 16 rings (SSSR count). The van der Waals surface area contributed by atoms with Crippen LogP contribution < -0.4 is 19.3 Å². The van der Waals surface area contributed by atoms with Crippen LogP contribution in [-0.2, 0) is 37.3 Å². The van der Waals surface area contributed by atoms with Crippen LogP contribution in [0.25, 0.3) is 99.6 Å². The van der Waals surface area contributed by atoms with Crippen LogP contribution in [0.1, 0.15) is 99.6 Å². The molecule has 0 saturated carbocycles. The van der Waals surface area contributed by atoms with Gasteiger partial charge in [-0.3, -0.25) is 0 Å². The van der Waals surface area contributed by atoms with Gasteiger partial charge in [0.2, 0.25) is 0 Å². The number of benzene rings is 12. The van der Waals surface area contributed by atoms with Crippen molar-refractivity contribution < 1.29 is 51.1 Å². The van der Waals surface area contributed by atoms with Crippen LogP contribution in [0.5, 0.6) is 23.0 Å². The van der Waals surface area contributed by atoms with E-state index in [1.165, 1.54) is 0 Å². The van der Waals surface area contributed by atoms with E-state index in [0.717, 1.165) is 66.0 Å². The SMILES string of the molecule is [2H]c1c([2H])c([2H])c(-c2cc(C(C)(C)C)cc(-c3cc(C(C)(C)C)cc(C(C)(C)C)c3)c2Oc2ccnc(-n3c4[c-]c(Oc5[c-]c(N6[CH-]N(c7c(-c8c([2H])c([2H])c([2H])c([2H])c8[2H])cccc7-c7c([2H])c([2H])c([2H])c([2H])c7[2H])c7ccccc76)ccc5)ccc4c4cc(-n5c6ccccc6c6ccccc65)ccc43)c2)c([2H])c1[2H].[Pt]. The molecule has 0 unspecified atom stereocenters. The van der Waals surface area contributed by atoms with E-state index in [2.05, 4.69) is 146 Å². The zero-order valence-electron chi connectivity index (χ0n) is 70.3. The van der Waals surface area contributed by atoms with Crippen LogP contribution in [-0.4, -0.2) is 14.1 Å². The summed E-state index contributed by atoms with van der Waals surface area (Å²) in [5.74, 6) is 1.58. The number of aromatic nitrogens is 3. The molecular weight excluding hydrogens is 1380 g/mol. The first-order chi connectivity index (χ1) is 53.2. The molecule has 0 spiro atoms. The number of fused-ring (bicyclic) bond motifs is 7. The fraction of sp³-hybridized carbons (Fsp3) is 0.133. The first-order valence-electron chi connectivity index (χ1n) is 39.8. The van der Waals surface area contributed by atoms with Crippen molar-refractivity contribution >= 4 is 66.4 Å². The Kier molecular flexibility index (Phi) is 12.3. The Bertz CT molecular complexity index is 6230. The van der Waals surface area contributed by atoms with Gasteiger partial charge in [-0.2, -0.15) is 12.1 Å². The third kappa shape index (κ3) is 11.6. The van der Waals surface area contributed by atoms with E-state index >= 15 is 0 Å². The van der Waals surface area contributed by atoms with Gasteiger partial charge in [0.05, 0.1) is 31.6 Å². The molecule has 484 valence electrons. The third-order valence-corrected chi connectivity index (χ3v) is 18.0. The second-order valence-corrected chi connectivity index (χ2v) is 27.4. The predicted molar refractivity (Wildman–Crippen MR) is 403 cm³/mol. The van der Waals surface area contributed by atoms with E-state index in [1.54, 1.807) is 60.2 Å². The first-order valence-corrected chi connectivity index (χ1v) is 32.3. The Labute approximate surface area is 610 Å². The average Bonchev–Trinajstić information content (AvgIpc) is 1.72. The minimum atomic E-state index is -0.599. The third-order valence-electron chi connectivity index (χ3n) is 18.0. The van der Waals surface area contributed by atoms with E-state index in [4.69, 9.17) is 26.8 Å². The number of para-hydroxylation sites is 5. The molecule has 0 radical (unpaired) electrons. The van der Waals surface area contributed by atoms with Gasteiger partial charge in [0.25, 0.3) is 0 Å². The van der Waals surface area contributed by atoms with Gasteiger partial charge in [0.1, 0.15) is 17.3 Å². The molecular formula is C90H74N5O2Pt-3. The fourth-order valence-corrected chi connectivity index (χ4v) is 13.1. The average molecular weight is 1470 g/mol. The molecule has 98 heavy (non-hydrogen) atoms. The second kappa shape index (κ2) is 25.0. The van der Waals surface area contributed by atoms with Crippen LogP contribution in [0.3, 0.4) is 0 Å². The number of rotatable bonds is 12. The summed E-state index contributed by atoms with van der Waals surface area (Å²) in [6.45, 7) is 21.0. The van der Waals surface area contributed by atoms with E-state index in [0.29, 0.717) is 51.0 Å². The molecule has 1 aliphatic rings. The normalized spacial score (nSPS) is 14.7. The van der Waals surface area contributed by atoms with Gasteiger partial charge in [-0.1, -0.05) is 243 Å². The molecule has 0 fully saturated rings. The summed E-state index contributed by atoms with van der Waals surface area (Å²) < 4.78 is 153. The molecule has 12 aromatic carbocycles. The van der Waals surface area contributed by atoms with Gasteiger partial charge in [-0.15, -0.1) is 48.1 Å². The van der Waals surface area contributed by atoms with Crippen LogP contribution in [0.15, 0.2) is 279 Å². The van der Waals surface area contributed by atoms with Gasteiger partial charge < -0.3 is 28.4 Å². The van der Waals surface area contributed by atoms with Crippen molar-refractivity contribution in [3.05, 3.63) is 314 Å². The largest absolute Gasteiger partial charge is 0.509 e. The number of pyridine rings is 1. The van der Waals surface area contributed by atoms with Crippen molar-refractivity contribution in [2.75, 3.05) is 9.80 Å². The van der Waals surface area contributed by atoms with Crippen molar-refractivity contribution in [2.24, 2.45) is 0 Å². The minimum Gasteiger partial charge on any atom is -0.509 e. The maximum Gasteiger partial charge on any atom is 0.143 e. The molecule has 3 aromatic heterocycles. The van der Waals surface area contributed by atoms with Gasteiger partial charge in [0.15, 0.2) is 0 Å². The summed E-state index contributed by atoms with van der Waals surface area (Å²) in [7, 11) is 0. The maximum absolute atomic E-state index is 9.51. The van der Waals surface area contributed by atoms with Crippen LogP contribution in [0.4, 0.5) is 22.7 Å². The van der Waals surface area contributed by atoms with Crippen LogP contribution >= 0.6 is 0 Å². The number of hydrogen-bond donors (Lipinski definition) is 0. The number of ether oxygens (including phenoxy) is 2. The van der Waals surface area contributed by atoms with Gasteiger partial charge in [-0.25, -0.2) is 4.98 Å². The van der Waals surface area contributed by atoms with Gasteiger partial charge in [0, 0.05) is 106 Å². The van der Waals surface area contributed by atoms with E-state index < -0.39 is 84.0 Å². The summed E-state index contributed by atoms with van der Waals surface area (Å²) in [6.07, 6.45) is 1.65. The van der Waals surface area contributed by atoms with Crippen molar-refractivity contribution in [1.29, 1.82) is 0 Å². The predicted octanol–water partition coefficient (Wildman–Crippen LogP) is 24.4. The maximum atomic E-state index is 9.51. The Morgan fingerprint density at radius 3 is 1.53 bits per heavy atom. The Morgan fingerprint density at radius 2 is 0.929 bits per heavy atom. The topological polar surface area (TPSA) is 47.7 Å². The van der Waals surface area contributed by atoms with Crippen molar-refractivity contribution in [3.63, 3.8) is 0 Å². The number of anilines is 4. The summed E-state index contributed by atoms with van der Waals surface area (Å²) in [4.78, 5) is 8.66. The number of hydrogen-bond acceptors (Lipinski definition) is 5. The monoisotopic (exact) mass is 1470 g/mol. The zero-order chi connectivity index (χ0) is 79.4. The smallest absolute Gasteiger partial charge is 0.143 e. The van der Waals surface area contributed by atoms with Crippen LogP contribution in [0, 0.1) is 18.8 Å². The molecule has 0 aliphatic carbocycles. The molecule has 0 atom stereocenters. The molecule has 1 aliphatic heterocycles. The Morgan fingerprint density at radius 1 is 0.408 bits per heavy atom. The van der Waals surface area contributed by atoms with Gasteiger partial charge in [-0.05, 0) is 121 Å². The standard InChI is InChI=1S/C90H74N5O2.Pt/c1-88(2,3)63-49-62(50-64(51-63)89(4,5)6)77-53-65(90(7,8)9)52-76(61-31-17-12-18-32-61)87(77)97-70-47-48-91-85(57-70)95-81-46-43-67(94-79-39-21-19-35-73(79)74-36-20-22-40-80(74)94)55-78(81)75-45-44-69(56-84(75)95)96-68-34-25-33-66(54-68)92-58-93(83-42-24-23-41-82(83)92)86-71(59-27-13-10-14-28-59)37-26-38-72(86)60-29-15-11-16-30-60;/h10-53,55,57-58H,1-9H3;/q-3;/i10D,11D,12D,13D,14D,15D,16D,17D,18D,27D,28D,29D,30D,31D,32D;. The second-order valence-electron chi connectivity index (χ2n) is 27.4. The van der Waals surface area contributed by atoms with Crippen LogP contribution in [0.2, 0.25) is 0 Å². The molecule has 4 heterocycles. The fourth-order valence-electron chi connectivity index (χ4n) is 13.1. The van der Waals surface area contributed by atoms with Gasteiger partial charge >= 0.3 is 0 Å². The Balaban J connectivity index is 0.0000101. The van der Waals surface area contributed by atoms with Crippen molar-refractivity contribution in [1.82, 2.24) is 14.1 Å². The summed E-state index contributed by atoms with van der Waals surface area (Å²) in [5, 5.41) is 3.85. The molecule has 8 heteroatoms. The van der Waals surface area contributed by atoms with Crippen molar-refractivity contribution in [2.45, 2.75) is 78.6 Å². The molecule has 0 N–H and O–H groups in total. The molecule has 15 aromatic rings. The summed E-state index contributed by atoms with van der Waals surface area (Å²) in [5.41, 5.74) is 9.63. The molecule has 0 bridgehead atoms. The zero-order valence-corrected chi connectivity index (χ0v) is 57.6. The first kappa shape index (κ1) is 48.1. The number of nitrogens with zero attached hydrogens (tertiary/aromatic N) is 5. The molecule has 0 saturated heterocycles. The Hall–Kier alpha value is -10.7. The molecule has 7 nitrogen and oxygen atoms in total.